The number of aromatic amines is 1. The van der Waals surface area contributed by atoms with E-state index in [9.17, 15) is 14.0 Å². The normalized spacial score (nSPS) is 13.0. The number of nitrogens with one attached hydrogen (secondary N) is 2. The number of carbonyl (C=O) groups excluding carboxylic acids is 1. The van der Waals surface area contributed by atoms with E-state index in [1.165, 1.54) is 48.7 Å². The number of rotatable bonds is 6. The minimum atomic E-state index is -0.766. The fourth-order valence-electron chi connectivity index (χ4n) is 4.39. The van der Waals surface area contributed by atoms with E-state index in [1.807, 2.05) is 6.07 Å². The summed E-state index contributed by atoms with van der Waals surface area (Å²) in [6.07, 6.45) is 5.85. The summed E-state index contributed by atoms with van der Waals surface area (Å²) in [4.78, 5) is 30.0. The van der Waals surface area contributed by atoms with Crippen LogP contribution in [0.2, 0.25) is 0 Å². The Morgan fingerprint density at radius 2 is 1.85 bits per heavy atom. The topological polar surface area (TPSA) is 140 Å². The van der Waals surface area contributed by atoms with E-state index in [2.05, 4.69) is 25.6 Å². The number of fused-ring (bicyclic) bond motifs is 1. The van der Waals surface area contributed by atoms with Gasteiger partial charge in [-0.1, -0.05) is 0 Å². The van der Waals surface area contributed by atoms with Gasteiger partial charge >= 0.3 is 0 Å². The molecule has 3 aromatic carbocycles. The number of allylic oxidation sites excluding steroid dienone is 1. The van der Waals surface area contributed by atoms with Gasteiger partial charge < -0.3 is 15.8 Å². The largest absolute Gasteiger partial charge is 0.454 e. The number of halogens is 2. The molecule has 0 bridgehead atoms. The summed E-state index contributed by atoms with van der Waals surface area (Å²) in [5.74, 6) is -1.13. The van der Waals surface area contributed by atoms with E-state index in [1.54, 1.807) is 18.5 Å². The Hall–Kier alpha value is -5.65. The van der Waals surface area contributed by atoms with E-state index >= 15 is 4.39 Å². The van der Waals surface area contributed by atoms with Crippen LogP contribution in [0.1, 0.15) is 28.8 Å². The van der Waals surface area contributed by atoms with Crippen molar-refractivity contribution in [3.63, 3.8) is 0 Å². The highest BCUT2D eigenvalue weighted by molar-refractivity contribution is 6.04. The van der Waals surface area contributed by atoms with Gasteiger partial charge in [-0.25, -0.2) is 13.8 Å². The molecular weight excluding hydrogens is 532 g/mol. The van der Waals surface area contributed by atoms with Crippen molar-refractivity contribution >= 4 is 33.9 Å². The first-order chi connectivity index (χ1) is 19.9. The fourth-order valence-corrected chi connectivity index (χ4v) is 4.39. The van der Waals surface area contributed by atoms with Crippen molar-refractivity contribution in [3.05, 3.63) is 112 Å². The second-order valence-electron chi connectivity index (χ2n) is 9.21. The SMILES string of the molecule is NC1=NC=C(c2cc3n[nH]cc3cc2Oc2ccc(NC(=O)c3ccnn(-c4ccc(F)cc4)c3=O)cc2F)CC1. The van der Waals surface area contributed by atoms with Gasteiger partial charge in [0.2, 0.25) is 0 Å². The highest BCUT2D eigenvalue weighted by atomic mass is 19.1. The van der Waals surface area contributed by atoms with Crippen molar-refractivity contribution in [3.8, 4) is 17.2 Å². The van der Waals surface area contributed by atoms with Crippen LogP contribution >= 0.6 is 0 Å². The molecule has 0 radical (unpaired) electrons. The minimum absolute atomic E-state index is 0.0749. The predicted octanol–water partition coefficient (Wildman–Crippen LogP) is 4.92. The Kier molecular flexibility index (Phi) is 6.55. The predicted molar refractivity (Wildman–Crippen MR) is 149 cm³/mol. The third-order valence-corrected chi connectivity index (χ3v) is 6.49. The van der Waals surface area contributed by atoms with Crippen molar-refractivity contribution in [2.45, 2.75) is 12.8 Å². The van der Waals surface area contributed by atoms with E-state index in [-0.39, 0.29) is 22.7 Å². The molecule has 0 fully saturated rings. The van der Waals surface area contributed by atoms with Crippen LogP contribution < -0.4 is 21.3 Å². The molecular formula is C29H21F2N7O3. The number of hydrogen-bond donors (Lipinski definition) is 3. The van der Waals surface area contributed by atoms with E-state index < -0.39 is 23.1 Å². The number of aromatic nitrogens is 4. The highest BCUT2D eigenvalue weighted by Crippen LogP contribution is 2.37. The Bertz CT molecular complexity index is 1930. The van der Waals surface area contributed by atoms with Gasteiger partial charge in [0, 0.05) is 47.7 Å². The number of aliphatic imine (C=N–C) groups is 1. The molecule has 0 unspecified atom stereocenters. The van der Waals surface area contributed by atoms with E-state index in [4.69, 9.17) is 10.5 Å². The van der Waals surface area contributed by atoms with Gasteiger partial charge in [-0.15, -0.1) is 0 Å². The molecule has 41 heavy (non-hydrogen) atoms. The Morgan fingerprint density at radius 3 is 2.61 bits per heavy atom. The Labute approximate surface area is 230 Å². The molecule has 0 saturated heterocycles. The molecule has 12 heteroatoms. The quantitative estimate of drug-likeness (QED) is 0.273. The molecule has 5 aromatic rings. The molecule has 3 heterocycles. The second-order valence-corrected chi connectivity index (χ2v) is 9.21. The van der Waals surface area contributed by atoms with E-state index in [0.717, 1.165) is 21.7 Å². The first kappa shape index (κ1) is 25.6. The maximum absolute atomic E-state index is 15.2. The maximum atomic E-state index is 15.2. The fraction of sp³-hybridized carbons (Fsp3) is 0.0690. The number of nitrogens with zero attached hydrogens (tertiary/aromatic N) is 4. The summed E-state index contributed by atoms with van der Waals surface area (Å²) in [5.41, 5.74) is 7.53. The molecule has 0 saturated carbocycles. The summed E-state index contributed by atoms with van der Waals surface area (Å²) >= 11 is 0. The highest BCUT2D eigenvalue weighted by Gasteiger charge is 2.19. The van der Waals surface area contributed by atoms with Crippen molar-refractivity contribution in [1.82, 2.24) is 20.0 Å². The van der Waals surface area contributed by atoms with Crippen molar-refractivity contribution in [2.24, 2.45) is 10.7 Å². The first-order valence-corrected chi connectivity index (χ1v) is 12.5. The standard InChI is InChI=1S/C29H21F2N7O3/c30-18-2-5-20(6-3-18)38-29(40)21(9-10-35-38)28(39)36-19-4-7-25(23(31)12-19)41-26-11-17-15-34-37-24(17)13-22(26)16-1-8-27(32)33-14-16/h2-7,9-15H,1,8H2,(H2,32,33)(H,34,37)(H,36,39). The molecule has 6 rings (SSSR count). The zero-order valence-electron chi connectivity index (χ0n) is 21.3. The third kappa shape index (κ3) is 5.17. The molecule has 1 aliphatic rings. The van der Waals surface area contributed by atoms with Gasteiger partial charge in [-0.3, -0.25) is 14.7 Å². The van der Waals surface area contributed by atoms with Crippen molar-refractivity contribution < 1.29 is 18.3 Å². The molecule has 0 aliphatic carbocycles. The zero-order valence-corrected chi connectivity index (χ0v) is 21.3. The number of amidine groups is 1. The van der Waals surface area contributed by atoms with Gasteiger partial charge in [0.25, 0.3) is 11.5 Å². The van der Waals surface area contributed by atoms with Gasteiger partial charge in [0.15, 0.2) is 11.6 Å². The van der Waals surface area contributed by atoms with Crippen LogP contribution in [-0.4, -0.2) is 31.7 Å². The third-order valence-electron chi connectivity index (χ3n) is 6.49. The number of carbonyl (C=O) groups is 1. The van der Waals surface area contributed by atoms with Gasteiger partial charge in [-0.2, -0.15) is 14.9 Å². The number of hydrogen-bond acceptors (Lipinski definition) is 7. The summed E-state index contributed by atoms with van der Waals surface area (Å²) in [6.45, 7) is 0. The number of ether oxygens (including phenoxy) is 1. The smallest absolute Gasteiger partial charge is 0.284 e. The Balaban J connectivity index is 1.25. The molecule has 4 N–H and O–H groups in total. The van der Waals surface area contributed by atoms with Crippen LogP contribution in [0.3, 0.4) is 0 Å². The van der Waals surface area contributed by atoms with E-state index in [0.29, 0.717) is 35.5 Å². The Morgan fingerprint density at radius 1 is 1.02 bits per heavy atom. The summed E-state index contributed by atoms with van der Waals surface area (Å²) in [5, 5.41) is 14.3. The molecule has 1 aliphatic heterocycles. The van der Waals surface area contributed by atoms with Crippen LogP contribution in [0.25, 0.3) is 22.2 Å². The average Bonchev–Trinajstić information content (AvgIpc) is 3.43. The molecule has 0 spiro atoms. The lowest BCUT2D eigenvalue weighted by molar-refractivity contribution is 0.102. The molecule has 1 amide bonds. The maximum Gasteiger partial charge on any atom is 0.284 e. The number of anilines is 1. The second kappa shape index (κ2) is 10.5. The number of H-pyrrole nitrogens is 1. The lowest BCUT2D eigenvalue weighted by Gasteiger charge is -2.17. The van der Waals surface area contributed by atoms with Crippen LogP contribution in [0.4, 0.5) is 14.5 Å². The zero-order chi connectivity index (χ0) is 28.5. The molecule has 0 atom stereocenters. The molecule has 204 valence electrons. The summed E-state index contributed by atoms with van der Waals surface area (Å²) in [7, 11) is 0. The van der Waals surface area contributed by atoms with Crippen LogP contribution in [0.5, 0.6) is 11.5 Å². The number of nitrogens with two attached hydrogens (primary N) is 1. The van der Waals surface area contributed by atoms with Gasteiger partial charge in [0.05, 0.1) is 17.0 Å². The van der Waals surface area contributed by atoms with Crippen LogP contribution in [-0.2, 0) is 0 Å². The number of amides is 1. The summed E-state index contributed by atoms with van der Waals surface area (Å²) in [6, 6.07) is 13.8. The van der Waals surface area contributed by atoms with Crippen molar-refractivity contribution in [2.75, 3.05) is 5.32 Å². The molecule has 10 nitrogen and oxygen atoms in total. The lowest BCUT2D eigenvalue weighted by atomic mass is 9.98. The average molecular weight is 554 g/mol. The summed E-state index contributed by atoms with van der Waals surface area (Å²) < 4.78 is 35.5. The van der Waals surface area contributed by atoms with Crippen LogP contribution in [0, 0.1) is 11.6 Å². The minimum Gasteiger partial charge on any atom is -0.454 e. The lowest BCUT2D eigenvalue weighted by Crippen LogP contribution is -2.29. The van der Waals surface area contributed by atoms with Gasteiger partial charge in [-0.05, 0) is 66.6 Å². The van der Waals surface area contributed by atoms with Gasteiger partial charge in [0.1, 0.15) is 17.1 Å². The number of benzene rings is 3. The molecule has 2 aromatic heterocycles. The first-order valence-electron chi connectivity index (χ1n) is 12.5. The van der Waals surface area contributed by atoms with Crippen LogP contribution in [0.15, 0.2) is 89.0 Å². The van der Waals surface area contributed by atoms with Crippen molar-refractivity contribution in [1.29, 1.82) is 0 Å². The monoisotopic (exact) mass is 553 g/mol.